The number of nitriles is 1. The molecular formula is C21H18ClF2NO3S. The van der Waals surface area contributed by atoms with E-state index in [9.17, 15) is 22.5 Å². The van der Waals surface area contributed by atoms with E-state index >= 15 is 0 Å². The molecule has 1 unspecified atom stereocenters. The van der Waals surface area contributed by atoms with E-state index in [4.69, 9.17) is 16.3 Å². The summed E-state index contributed by atoms with van der Waals surface area (Å²) in [5.41, 5.74) is -1.30. The largest absolute Gasteiger partial charge is 0.490 e. The third kappa shape index (κ3) is 3.28. The molecule has 1 heterocycles. The summed E-state index contributed by atoms with van der Waals surface area (Å²) < 4.78 is 61.5. The molecule has 1 aliphatic heterocycles. The predicted octanol–water partition coefficient (Wildman–Crippen LogP) is 4.66. The third-order valence-corrected chi connectivity index (χ3v) is 8.22. The van der Waals surface area contributed by atoms with Gasteiger partial charge in [0, 0.05) is 21.9 Å². The normalized spacial score (nSPS) is 26.0. The molecule has 0 N–H and O–H groups in total. The third-order valence-electron chi connectivity index (χ3n) is 6.08. The van der Waals surface area contributed by atoms with Gasteiger partial charge in [-0.25, -0.2) is 17.2 Å². The topological polar surface area (TPSA) is 67.2 Å². The van der Waals surface area contributed by atoms with Crippen LogP contribution < -0.4 is 4.74 Å². The van der Waals surface area contributed by atoms with Crippen molar-refractivity contribution in [2.75, 3.05) is 12.4 Å². The first kappa shape index (κ1) is 20.1. The van der Waals surface area contributed by atoms with Gasteiger partial charge in [0.25, 0.3) is 0 Å². The molecule has 4 rings (SSSR count). The number of fused-ring (bicyclic) bond motifs is 3. The highest BCUT2D eigenvalue weighted by atomic mass is 35.5. The lowest BCUT2D eigenvalue weighted by Crippen LogP contribution is -2.53. The van der Waals surface area contributed by atoms with Crippen molar-refractivity contribution < 1.29 is 21.9 Å². The average Bonchev–Trinajstić information content (AvgIpc) is 2.69. The van der Waals surface area contributed by atoms with Crippen molar-refractivity contribution in [3.05, 3.63) is 58.6 Å². The molecule has 1 saturated carbocycles. The highest BCUT2D eigenvalue weighted by Crippen LogP contribution is 2.54. The van der Waals surface area contributed by atoms with Gasteiger partial charge in [-0.2, -0.15) is 5.26 Å². The smallest absolute Gasteiger partial charge is 0.179 e. The lowest BCUT2D eigenvalue weighted by atomic mass is 9.59. The molecule has 0 spiro atoms. The van der Waals surface area contributed by atoms with Crippen molar-refractivity contribution in [1.29, 1.82) is 5.26 Å². The van der Waals surface area contributed by atoms with Gasteiger partial charge in [0.2, 0.25) is 0 Å². The first-order valence-electron chi connectivity index (χ1n) is 9.28. The van der Waals surface area contributed by atoms with Gasteiger partial charge in [-0.15, -0.1) is 0 Å². The zero-order valence-electron chi connectivity index (χ0n) is 15.4. The van der Waals surface area contributed by atoms with Crippen molar-refractivity contribution in [1.82, 2.24) is 0 Å². The lowest BCUT2D eigenvalue weighted by molar-refractivity contribution is 0.0661. The Labute approximate surface area is 173 Å². The minimum Gasteiger partial charge on any atom is -0.490 e. The van der Waals surface area contributed by atoms with E-state index in [1.54, 1.807) is 0 Å². The summed E-state index contributed by atoms with van der Waals surface area (Å²) in [5.74, 6) is -3.17. The number of hydrogen-bond acceptors (Lipinski definition) is 4. The van der Waals surface area contributed by atoms with Crippen molar-refractivity contribution in [2.24, 2.45) is 11.8 Å². The van der Waals surface area contributed by atoms with Gasteiger partial charge in [-0.1, -0.05) is 18.0 Å². The monoisotopic (exact) mass is 437 g/mol. The highest BCUT2D eigenvalue weighted by Gasteiger charge is 2.55. The number of hydrogen-bond donors (Lipinski definition) is 0. The maximum atomic E-state index is 15.0. The van der Waals surface area contributed by atoms with Crippen LogP contribution in [0.3, 0.4) is 0 Å². The first-order chi connectivity index (χ1) is 13.8. The van der Waals surface area contributed by atoms with Gasteiger partial charge in [0.05, 0.1) is 29.2 Å². The zero-order chi connectivity index (χ0) is 20.8. The molecular weight excluding hydrogens is 420 g/mol. The maximum Gasteiger partial charge on any atom is 0.179 e. The van der Waals surface area contributed by atoms with Crippen LogP contribution in [0.25, 0.3) is 0 Å². The summed E-state index contributed by atoms with van der Waals surface area (Å²) in [6.45, 7) is -0.0261. The number of rotatable bonds is 3. The van der Waals surface area contributed by atoms with Gasteiger partial charge in [-0.05, 0) is 49.2 Å². The van der Waals surface area contributed by atoms with Crippen LogP contribution in [0.15, 0.2) is 41.3 Å². The molecule has 152 valence electrons. The van der Waals surface area contributed by atoms with Gasteiger partial charge < -0.3 is 4.74 Å². The maximum absolute atomic E-state index is 15.0. The van der Waals surface area contributed by atoms with Gasteiger partial charge >= 0.3 is 0 Å². The molecule has 4 nitrogen and oxygen atoms in total. The van der Waals surface area contributed by atoms with Gasteiger partial charge in [-0.3, -0.25) is 0 Å². The second kappa shape index (κ2) is 7.26. The van der Waals surface area contributed by atoms with E-state index < -0.39 is 44.5 Å². The minimum absolute atomic E-state index is 0.0261. The molecule has 0 saturated heterocycles. The number of nitrogens with zero attached hydrogens (tertiary/aromatic N) is 1. The Morgan fingerprint density at radius 1 is 1.17 bits per heavy atom. The molecule has 1 fully saturated rings. The van der Waals surface area contributed by atoms with Crippen molar-refractivity contribution >= 4 is 21.4 Å². The summed E-state index contributed by atoms with van der Waals surface area (Å²) >= 11 is 5.87. The fraction of sp³-hybridized carbons (Fsp3) is 0.381. The fourth-order valence-corrected chi connectivity index (χ4v) is 6.80. The second-order valence-electron chi connectivity index (χ2n) is 7.65. The van der Waals surface area contributed by atoms with Crippen LogP contribution in [0.4, 0.5) is 8.78 Å². The molecule has 1 aliphatic carbocycles. The lowest BCUT2D eigenvalue weighted by Gasteiger charge is -2.49. The molecule has 2 aromatic carbocycles. The number of ether oxygens (including phenoxy) is 1. The molecule has 0 aromatic heterocycles. The molecule has 8 heteroatoms. The molecule has 29 heavy (non-hydrogen) atoms. The second-order valence-corrected chi connectivity index (χ2v) is 10.1. The summed E-state index contributed by atoms with van der Waals surface area (Å²) in [6, 6.07) is 9.93. The number of sulfone groups is 1. The zero-order valence-corrected chi connectivity index (χ0v) is 16.9. The van der Waals surface area contributed by atoms with E-state index in [0.29, 0.717) is 24.3 Å². The molecule has 0 amide bonds. The SMILES string of the molecule is N#C[C@@H]1CCC[C@@]2(CS(=O)(=O)c3ccc(Cl)cc3)c3c(F)ccc(F)c3OCC12. The van der Waals surface area contributed by atoms with Crippen LogP contribution in [0.1, 0.15) is 24.8 Å². The van der Waals surface area contributed by atoms with E-state index in [1.165, 1.54) is 24.3 Å². The van der Waals surface area contributed by atoms with E-state index in [-0.39, 0.29) is 22.8 Å². The minimum atomic E-state index is -3.87. The van der Waals surface area contributed by atoms with Crippen LogP contribution >= 0.6 is 11.6 Å². The summed E-state index contributed by atoms with van der Waals surface area (Å²) in [6.07, 6.45) is 1.44. The molecule has 3 atom stereocenters. The van der Waals surface area contributed by atoms with Crippen molar-refractivity contribution in [3.8, 4) is 11.8 Å². The Bertz CT molecular complexity index is 1100. The predicted molar refractivity (Wildman–Crippen MR) is 103 cm³/mol. The van der Waals surface area contributed by atoms with Crippen molar-refractivity contribution in [2.45, 2.75) is 29.6 Å². The molecule has 2 aliphatic rings. The van der Waals surface area contributed by atoms with Crippen LogP contribution in [0, 0.1) is 34.8 Å². The van der Waals surface area contributed by atoms with Gasteiger partial charge in [0.15, 0.2) is 21.4 Å². The van der Waals surface area contributed by atoms with Crippen LogP contribution in [0.2, 0.25) is 5.02 Å². The quantitative estimate of drug-likeness (QED) is 0.700. The Hall–Kier alpha value is -2.17. The van der Waals surface area contributed by atoms with Gasteiger partial charge in [0.1, 0.15) is 5.82 Å². The van der Waals surface area contributed by atoms with Crippen molar-refractivity contribution in [3.63, 3.8) is 0 Å². The molecule has 0 bridgehead atoms. The average molecular weight is 438 g/mol. The molecule has 0 radical (unpaired) electrons. The summed E-state index contributed by atoms with van der Waals surface area (Å²) in [4.78, 5) is 0.0546. The fourth-order valence-electron chi connectivity index (χ4n) is 4.78. The molecule has 2 aromatic rings. The Balaban J connectivity index is 1.90. The first-order valence-corrected chi connectivity index (χ1v) is 11.3. The number of halogens is 3. The standard InChI is InChI=1S/C21H18ClF2NO3S/c22-14-3-5-15(6-4-14)29(26,27)12-21-9-1-2-13(10-25)16(21)11-28-20-18(24)8-7-17(23)19(20)21/h3-8,13,16H,1-2,9,11-12H2/t13-,16?,21-/m0/s1. The van der Waals surface area contributed by atoms with Crippen LogP contribution in [-0.4, -0.2) is 20.8 Å². The van der Waals surface area contributed by atoms with E-state index in [1.807, 2.05) is 0 Å². The van der Waals surface area contributed by atoms with E-state index in [0.717, 1.165) is 12.1 Å². The van der Waals surface area contributed by atoms with Crippen LogP contribution in [-0.2, 0) is 15.3 Å². The van der Waals surface area contributed by atoms with E-state index in [2.05, 4.69) is 6.07 Å². The summed E-state index contributed by atoms with van der Waals surface area (Å²) in [5, 5.41) is 10.0. The van der Waals surface area contributed by atoms with Crippen LogP contribution in [0.5, 0.6) is 5.75 Å². The highest BCUT2D eigenvalue weighted by molar-refractivity contribution is 7.91. The number of benzene rings is 2. The Kier molecular flexibility index (Phi) is 5.04. The Morgan fingerprint density at radius 3 is 2.55 bits per heavy atom. The Morgan fingerprint density at radius 2 is 1.86 bits per heavy atom. The summed E-state index contributed by atoms with van der Waals surface area (Å²) in [7, 11) is -3.87.